The van der Waals surface area contributed by atoms with Crippen LogP contribution < -0.4 is 15.4 Å². The van der Waals surface area contributed by atoms with Gasteiger partial charge in [0, 0.05) is 18.2 Å². The normalized spacial score (nSPS) is 19.8. The standard InChI is InChI=1S/C13H13F5N2O2.ClH/c14-12(15)5-10(19-6-12)11(21)20-8-2-1-3-9(4-8)22-7-13(16,17)18;/h1-4,10,19H,5-7H2,(H,20,21);1H. The molecule has 1 heterocycles. The van der Waals surface area contributed by atoms with Crippen molar-refractivity contribution in [3.05, 3.63) is 24.3 Å². The zero-order chi connectivity index (χ0) is 16.4. The van der Waals surface area contributed by atoms with Crippen LogP contribution in [0.1, 0.15) is 6.42 Å². The quantitative estimate of drug-likeness (QED) is 0.812. The Hall–Kier alpha value is -1.61. The topological polar surface area (TPSA) is 50.4 Å². The van der Waals surface area contributed by atoms with Crippen LogP contribution in [0.25, 0.3) is 0 Å². The van der Waals surface area contributed by atoms with Crippen molar-refractivity contribution in [2.24, 2.45) is 0 Å². The number of hydrogen-bond acceptors (Lipinski definition) is 3. The molecule has 0 spiro atoms. The average Bonchev–Trinajstić information content (AvgIpc) is 2.77. The van der Waals surface area contributed by atoms with E-state index < -0.39 is 43.6 Å². The number of carbonyl (C=O) groups is 1. The molecule has 0 aliphatic carbocycles. The molecule has 1 aliphatic heterocycles. The van der Waals surface area contributed by atoms with E-state index in [1.165, 1.54) is 24.3 Å². The number of anilines is 1. The Bertz CT molecular complexity index is 553. The zero-order valence-corrected chi connectivity index (χ0v) is 12.4. The number of ether oxygens (including phenoxy) is 1. The summed E-state index contributed by atoms with van der Waals surface area (Å²) in [5, 5.41) is 4.75. The number of alkyl halides is 5. The number of carbonyl (C=O) groups excluding carboxylic acids is 1. The zero-order valence-electron chi connectivity index (χ0n) is 11.6. The molecule has 1 saturated heterocycles. The van der Waals surface area contributed by atoms with Crippen molar-refractivity contribution in [1.82, 2.24) is 5.32 Å². The van der Waals surface area contributed by atoms with Gasteiger partial charge in [-0.2, -0.15) is 13.2 Å². The predicted molar refractivity (Wildman–Crippen MR) is 75.2 cm³/mol. The summed E-state index contributed by atoms with van der Waals surface area (Å²) < 4.78 is 66.7. The van der Waals surface area contributed by atoms with Gasteiger partial charge >= 0.3 is 6.18 Å². The summed E-state index contributed by atoms with van der Waals surface area (Å²) >= 11 is 0. The number of benzene rings is 1. The number of halogens is 6. The fraction of sp³-hybridized carbons (Fsp3) is 0.462. The molecule has 1 atom stereocenters. The van der Waals surface area contributed by atoms with E-state index in [1.54, 1.807) is 0 Å². The first kappa shape index (κ1) is 19.4. The van der Waals surface area contributed by atoms with Crippen LogP contribution in [0.5, 0.6) is 5.75 Å². The lowest BCUT2D eigenvalue weighted by molar-refractivity contribution is -0.153. The first-order chi connectivity index (χ1) is 10.1. The van der Waals surface area contributed by atoms with Gasteiger partial charge in [-0.05, 0) is 12.1 Å². The third-order valence-electron chi connectivity index (χ3n) is 2.93. The highest BCUT2D eigenvalue weighted by molar-refractivity contribution is 5.95. The lowest BCUT2D eigenvalue weighted by Gasteiger charge is -2.13. The molecule has 4 nitrogen and oxygen atoms in total. The van der Waals surface area contributed by atoms with Gasteiger partial charge in [-0.3, -0.25) is 10.1 Å². The van der Waals surface area contributed by atoms with Crippen molar-refractivity contribution in [2.75, 3.05) is 18.5 Å². The van der Waals surface area contributed by atoms with Crippen molar-refractivity contribution < 1.29 is 31.5 Å². The minimum atomic E-state index is -4.47. The molecule has 130 valence electrons. The van der Waals surface area contributed by atoms with Crippen LogP contribution in [0.3, 0.4) is 0 Å². The lowest BCUT2D eigenvalue weighted by atomic mass is 10.2. The third-order valence-corrected chi connectivity index (χ3v) is 2.93. The molecule has 1 unspecified atom stereocenters. The molecule has 2 rings (SSSR count). The number of nitrogens with one attached hydrogen (secondary N) is 2. The van der Waals surface area contributed by atoms with Crippen LogP contribution in [0.2, 0.25) is 0 Å². The minimum Gasteiger partial charge on any atom is -0.484 e. The van der Waals surface area contributed by atoms with Crippen LogP contribution in [-0.2, 0) is 4.79 Å². The number of hydrogen-bond donors (Lipinski definition) is 2. The molecular weight excluding hydrogens is 347 g/mol. The second-order valence-electron chi connectivity index (χ2n) is 4.91. The van der Waals surface area contributed by atoms with Crippen molar-refractivity contribution >= 4 is 24.0 Å². The van der Waals surface area contributed by atoms with Crippen molar-refractivity contribution in [3.8, 4) is 5.75 Å². The van der Waals surface area contributed by atoms with Crippen molar-refractivity contribution in [1.29, 1.82) is 0 Å². The highest BCUT2D eigenvalue weighted by Crippen LogP contribution is 2.26. The molecule has 0 saturated carbocycles. The van der Waals surface area contributed by atoms with Gasteiger partial charge < -0.3 is 10.1 Å². The maximum Gasteiger partial charge on any atom is 0.422 e. The Morgan fingerprint density at radius 1 is 1.39 bits per heavy atom. The molecule has 23 heavy (non-hydrogen) atoms. The molecular formula is C13H14ClF5N2O2. The minimum absolute atomic E-state index is 0. The number of amides is 1. The fourth-order valence-electron chi connectivity index (χ4n) is 1.96. The maximum atomic E-state index is 13.0. The van der Waals surface area contributed by atoms with Gasteiger partial charge in [0.25, 0.3) is 5.92 Å². The SMILES string of the molecule is Cl.O=C(Nc1cccc(OCC(F)(F)F)c1)C1CC(F)(F)CN1. The summed E-state index contributed by atoms with van der Waals surface area (Å²) in [4.78, 5) is 11.8. The highest BCUT2D eigenvalue weighted by atomic mass is 35.5. The monoisotopic (exact) mass is 360 g/mol. The predicted octanol–water partition coefficient (Wildman–Crippen LogP) is 2.99. The summed E-state index contributed by atoms with van der Waals surface area (Å²) in [6, 6.07) is 4.25. The summed E-state index contributed by atoms with van der Waals surface area (Å²) in [5.41, 5.74) is 0.168. The van der Waals surface area contributed by atoms with Crippen molar-refractivity contribution in [3.63, 3.8) is 0 Å². The first-order valence-corrected chi connectivity index (χ1v) is 6.36. The van der Waals surface area contributed by atoms with Gasteiger partial charge in [0.2, 0.25) is 5.91 Å². The molecule has 1 amide bonds. The Labute approximate surface area is 134 Å². The second kappa shape index (κ2) is 7.31. The smallest absolute Gasteiger partial charge is 0.422 e. The Morgan fingerprint density at radius 2 is 2.09 bits per heavy atom. The van der Waals surface area contributed by atoms with E-state index in [2.05, 4.69) is 15.4 Å². The van der Waals surface area contributed by atoms with Crippen LogP contribution >= 0.6 is 12.4 Å². The maximum absolute atomic E-state index is 13.0. The van der Waals surface area contributed by atoms with Gasteiger partial charge in [0.1, 0.15) is 5.75 Å². The number of rotatable bonds is 4. The van der Waals surface area contributed by atoms with Crippen molar-refractivity contribution in [2.45, 2.75) is 24.6 Å². The summed E-state index contributed by atoms with van der Waals surface area (Å²) in [7, 11) is 0. The summed E-state index contributed by atoms with van der Waals surface area (Å²) in [6.45, 7) is -2.04. The Balaban J connectivity index is 0.00000264. The van der Waals surface area contributed by atoms with E-state index in [0.717, 1.165) is 0 Å². The Kier molecular flexibility index (Phi) is 6.18. The molecule has 10 heteroatoms. The van der Waals surface area contributed by atoms with Gasteiger partial charge in [-0.25, -0.2) is 8.78 Å². The van der Waals surface area contributed by atoms with Gasteiger partial charge in [0.05, 0.1) is 12.6 Å². The fourth-order valence-corrected chi connectivity index (χ4v) is 1.96. The molecule has 1 fully saturated rings. The molecule has 1 aromatic carbocycles. The van der Waals surface area contributed by atoms with Crippen LogP contribution in [0, 0.1) is 0 Å². The lowest BCUT2D eigenvalue weighted by Crippen LogP contribution is -2.35. The van der Waals surface area contributed by atoms with E-state index in [0.29, 0.717) is 0 Å². The summed E-state index contributed by atoms with van der Waals surface area (Å²) in [6.07, 6.45) is -5.10. The van der Waals surface area contributed by atoms with Crippen LogP contribution in [0.4, 0.5) is 27.6 Å². The largest absolute Gasteiger partial charge is 0.484 e. The van der Waals surface area contributed by atoms with E-state index >= 15 is 0 Å². The van der Waals surface area contributed by atoms with Crippen LogP contribution in [-0.4, -0.2) is 37.2 Å². The third kappa shape index (κ3) is 6.19. The summed E-state index contributed by atoms with van der Waals surface area (Å²) in [5.74, 6) is -3.70. The van der Waals surface area contributed by atoms with Gasteiger partial charge in [-0.15, -0.1) is 12.4 Å². The second-order valence-corrected chi connectivity index (χ2v) is 4.91. The average molecular weight is 361 g/mol. The van der Waals surface area contributed by atoms with E-state index in [1.807, 2.05) is 0 Å². The van der Waals surface area contributed by atoms with E-state index in [4.69, 9.17) is 0 Å². The first-order valence-electron chi connectivity index (χ1n) is 6.36. The highest BCUT2D eigenvalue weighted by Gasteiger charge is 2.42. The van der Waals surface area contributed by atoms with E-state index in [-0.39, 0.29) is 23.8 Å². The molecule has 1 aromatic rings. The van der Waals surface area contributed by atoms with E-state index in [9.17, 15) is 26.7 Å². The molecule has 0 radical (unpaired) electrons. The Morgan fingerprint density at radius 3 is 2.65 bits per heavy atom. The molecule has 0 aromatic heterocycles. The van der Waals surface area contributed by atoms with Crippen LogP contribution in [0.15, 0.2) is 24.3 Å². The molecule has 0 bridgehead atoms. The van der Waals surface area contributed by atoms with Gasteiger partial charge in [0.15, 0.2) is 6.61 Å². The molecule has 1 aliphatic rings. The molecule has 2 N–H and O–H groups in total. The van der Waals surface area contributed by atoms with Gasteiger partial charge in [-0.1, -0.05) is 6.07 Å².